The summed E-state index contributed by atoms with van der Waals surface area (Å²) in [5.41, 5.74) is 1.62. The highest BCUT2D eigenvalue weighted by molar-refractivity contribution is 6.07. The number of rotatable bonds is 7. The number of ether oxygens (including phenoxy) is 2. The zero-order valence-electron chi connectivity index (χ0n) is 21.6. The van der Waals surface area contributed by atoms with E-state index in [9.17, 15) is 19.5 Å². The third-order valence-electron chi connectivity index (χ3n) is 7.16. The van der Waals surface area contributed by atoms with Crippen LogP contribution < -0.4 is 15.4 Å². The predicted octanol–water partition coefficient (Wildman–Crippen LogP) is 3.81. The fourth-order valence-corrected chi connectivity index (χ4v) is 5.12. The van der Waals surface area contributed by atoms with Crippen molar-refractivity contribution < 1.29 is 29.0 Å². The summed E-state index contributed by atoms with van der Waals surface area (Å²) in [6.45, 7) is 1.93. The number of fused-ring (bicyclic) bond motifs is 2. The molecule has 40 heavy (non-hydrogen) atoms. The minimum absolute atomic E-state index is 0.0450. The lowest BCUT2D eigenvalue weighted by Gasteiger charge is -2.27. The van der Waals surface area contributed by atoms with E-state index < -0.39 is 23.4 Å². The van der Waals surface area contributed by atoms with Crippen molar-refractivity contribution in [1.82, 2.24) is 25.4 Å². The summed E-state index contributed by atoms with van der Waals surface area (Å²) in [5, 5.41) is 25.0. The van der Waals surface area contributed by atoms with Gasteiger partial charge in [-0.15, -0.1) is 0 Å². The second-order valence-electron chi connectivity index (χ2n) is 9.48. The fourth-order valence-electron chi connectivity index (χ4n) is 5.12. The molecule has 3 amide bonds. The van der Waals surface area contributed by atoms with Gasteiger partial charge in [0.15, 0.2) is 17.1 Å². The normalized spacial score (nSPS) is 16.8. The molecule has 1 saturated heterocycles. The van der Waals surface area contributed by atoms with Crippen molar-refractivity contribution in [2.45, 2.75) is 19.0 Å². The number of amides is 3. The molecular formula is C29H25N5O6. The van der Waals surface area contributed by atoms with Gasteiger partial charge in [-0.1, -0.05) is 30.3 Å². The molecule has 1 aliphatic heterocycles. The molecule has 3 aromatic carbocycles. The van der Waals surface area contributed by atoms with Crippen LogP contribution in [-0.2, 0) is 21.6 Å². The molecular weight excluding hydrogens is 514 g/mol. The number of carbonyl (C=O) groups is 3. The highest BCUT2D eigenvalue weighted by Gasteiger charge is 2.48. The number of aromatic amines is 1. The van der Waals surface area contributed by atoms with Crippen LogP contribution >= 0.6 is 0 Å². The number of methoxy groups -OCH3 is 1. The number of hydrogen-bond acceptors (Lipinski definition) is 7. The van der Waals surface area contributed by atoms with Crippen LogP contribution in [0.3, 0.4) is 0 Å². The number of benzene rings is 3. The Kier molecular flexibility index (Phi) is 5.91. The van der Waals surface area contributed by atoms with Gasteiger partial charge in [-0.2, -0.15) is 5.10 Å². The molecule has 0 radical (unpaired) electrons. The molecule has 11 heteroatoms. The average molecular weight is 540 g/mol. The van der Waals surface area contributed by atoms with Gasteiger partial charge >= 0.3 is 12.0 Å². The number of nitrogens with one attached hydrogen (secondary N) is 3. The van der Waals surface area contributed by atoms with Crippen LogP contribution in [0.5, 0.6) is 11.6 Å². The molecule has 1 aliphatic rings. The van der Waals surface area contributed by atoms with E-state index in [1.54, 1.807) is 44.5 Å². The summed E-state index contributed by atoms with van der Waals surface area (Å²) >= 11 is 0. The van der Waals surface area contributed by atoms with E-state index in [2.05, 4.69) is 20.8 Å². The first-order chi connectivity index (χ1) is 19.3. The zero-order valence-corrected chi connectivity index (χ0v) is 21.6. The van der Waals surface area contributed by atoms with Gasteiger partial charge in [0.05, 0.1) is 25.8 Å². The highest BCUT2D eigenvalue weighted by atomic mass is 16.5. The number of aromatic hydroxyl groups is 1. The van der Waals surface area contributed by atoms with Gasteiger partial charge in [0.1, 0.15) is 5.75 Å². The van der Waals surface area contributed by atoms with Crippen LogP contribution in [0.4, 0.5) is 4.79 Å². The van der Waals surface area contributed by atoms with E-state index in [-0.39, 0.29) is 24.7 Å². The van der Waals surface area contributed by atoms with Crippen molar-refractivity contribution in [3.05, 3.63) is 78.1 Å². The first-order valence-corrected chi connectivity index (χ1v) is 12.6. The lowest BCUT2D eigenvalue weighted by molar-refractivity contribution is -0.124. The van der Waals surface area contributed by atoms with E-state index in [1.165, 1.54) is 4.57 Å². The lowest BCUT2D eigenvalue weighted by Crippen LogP contribution is -2.47. The van der Waals surface area contributed by atoms with Crippen LogP contribution in [0.25, 0.3) is 32.8 Å². The summed E-state index contributed by atoms with van der Waals surface area (Å²) in [4.78, 5) is 37.8. The first kappa shape index (κ1) is 25.0. The summed E-state index contributed by atoms with van der Waals surface area (Å²) in [5.74, 6) is -0.505. The Balaban J connectivity index is 1.37. The Morgan fingerprint density at radius 3 is 2.50 bits per heavy atom. The van der Waals surface area contributed by atoms with Crippen LogP contribution in [0.15, 0.2) is 66.9 Å². The standard InChI is InChI=1S/C29H25N5O6/c1-3-40-26(36)24-22-12-17(7-11-23(22)32-33-24)16-4-8-19(9-5-16)29(27(37)30-28(38)31-29)15-34-14-18-6-10-20(39-2)13-21(18)25(34)35/h4-14,35H,3,15H2,1-2H3,(H,32,33)(H2,30,31,37,38)/t29-/m0/s1. The van der Waals surface area contributed by atoms with E-state index in [1.807, 2.05) is 36.4 Å². The molecule has 0 spiro atoms. The van der Waals surface area contributed by atoms with Crippen molar-refractivity contribution in [3.63, 3.8) is 0 Å². The molecule has 0 aliphatic carbocycles. The van der Waals surface area contributed by atoms with Gasteiger partial charge in [0, 0.05) is 22.4 Å². The smallest absolute Gasteiger partial charge is 0.359 e. The molecule has 1 fully saturated rings. The Morgan fingerprint density at radius 2 is 1.80 bits per heavy atom. The van der Waals surface area contributed by atoms with Crippen molar-refractivity contribution in [1.29, 1.82) is 0 Å². The maximum Gasteiger partial charge on any atom is 0.359 e. The monoisotopic (exact) mass is 539 g/mol. The molecule has 0 bridgehead atoms. The first-order valence-electron chi connectivity index (χ1n) is 12.6. The van der Waals surface area contributed by atoms with E-state index in [4.69, 9.17) is 9.47 Å². The topological polar surface area (TPSA) is 148 Å². The minimum Gasteiger partial charge on any atom is -0.497 e. The van der Waals surface area contributed by atoms with E-state index in [0.717, 1.165) is 16.5 Å². The van der Waals surface area contributed by atoms with Gasteiger partial charge in [-0.25, -0.2) is 9.59 Å². The molecule has 202 valence electrons. The minimum atomic E-state index is -1.46. The Labute approximate surface area is 227 Å². The third kappa shape index (κ3) is 3.99. The van der Waals surface area contributed by atoms with Gasteiger partial charge < -0.3 is 24.5 Å². The van der Waals surface area contributed by atoms with E-state index in [0.29, 0.717) is 27.6 Å². The van der Waals surface area contributed by atoms with Crippen molar-refractivity contribution in [2.75, 3.05) is 13.7 Å². The Bertz CT molecular complexity index is 1810. The number of urea groups is 1. The number of esters is 1. The number of carbonyl (C=O) groups excluding carboxylic acids is 3. The molecule has 6 rings (SSSR count). The van der Waals surface area contributed by atoms with Crippen molar-refractivity contribution in [2.24, 2.45) is 0 Å². The second kappa shape index (κ2) is 9.45. The van der Waals surface area contributed by atoms with E-state index >= 15 is 0 Å². The molecule has 0 saturated carbocycles. The number of nitrogens with zero attached hydrogens (tertiary/aromatic N) is 2. The number of imide groups is 1. The van der Waals surface area contributed by atoms with Gasteiger partial charge in [0.25, 0.3) is 5.91 Å². The summed E-state index contributed by atoms with van der Waals surface area (Å²) < 4.78 is 11.9. The molecule has 2 aromatic heterocycles. The maximum atomic E-state index is 13.2. The third-order valence-corrected chi connectivity index (χ3v) is 7.16. The maximum absolute atomic E-state index is 13.2. The molecule has 4 N–H and O–H groups in total. The molecule has 1 atom stereocenters. The molecule has 11 nitrogen and oxygen atoms in total. The molecule has 0 unspecified atom stereocenters. The largest absolute Gasteiger partial charge is 0.497 e. The number of aromatic nitrogens is 3. The molecule has 5 aromatic rings. The zero-order chi connectivity index (χ0) is 28.0. The summed E-state index contributed by atoms with van der Waals surface area (Å²) in [6, 6.07) is 17.4. The van der Waals surface area contributed by atoms with Crippen molar-refractivity contribution >= 4 is 39.6 Å². The predicted molar refractivity (Wildman–Crippen MR) is 146 cm³/mol. The SMILES string of the molecule is CCOC(=O)c1n[nH]c2ccc(-c3ccc([C@]4(Cn5cc6ccc(OC)cc6c5O)NC(=O)NC4=O)cc3)cc12. The quantitative estimate of drug-likeness (QED) is 0.182. The fraction of sp³-hybridized carbons (Fsp3) is 0.172. The number of hydrogen-bond donors (Lipinski definition) is 4. The summed E-state index contributed by atoms with van der Waals surface area (Å²) in [6.07, 6.45) is 1.72. The summed E-state index contributed by atoms with van der Waals surface area (Å²) in [7, 11) is 1.54. The van der Waals surface area contributed by atoms with Crippen LogP contribution in [0.2, 0.25) is 0 Å². The molecule has 3 heterocycles. The van der Waals surface area contributed by atoms with Crippen LogP contribution in [-0.4, -0.2) is 51.5 Å². The van der Waals surface area contributed by atoms with Crippen molar-refractivity contribution in [3.8, 4) is 22.8 Å². The lowest BCUT2D eigenvalue weighted by atomic mass is 9.88. The highest BCUT2D eigenvalue weighted by Crippen LogP contribution is 2.36. The van der Waals surface area contributed by atoms with Gasteiger partial charge in [-0.05, 0) is 53.9 Å². The van der Waals surface area contributed by atoms with Gasteiger partial charge in [0.2, 0.25) is 0 Å². The Hall–Kier alpha value is -5.32. The second-order valence-corrected chi connectivity index (χ2v) is 9.48. The van der Waals surface area contributed by atoms with Gasteiger partial charge in [-0.3, -0.25) is 15.2 Å². The van der Waals surface area contributed by atoms with Crippen LogP contribution in [0, 0.1) is 0 Å². The Morgan fingerprint density at radius 1 is 1.02 bits per heavy atom. The number of H-pyrrole nitrogens is 1. The average Bonchev–Trinajstić information content (AvgIpc) is 3.61. The van der Waals surface area contributed by atoms with Crippen LogP contribution in [0.1, 0.15) is 23.0 Å².